The SMILES string of the molecule is CCc1ccc(N=C=O)cc1CC. The molecule has 0 saturated heterocycles. The van der Waals surface area contributed by atoms with Gasteiger partial charge in [-0.15, -0.1) is 0 Å². The standard InChI is InChI=1S/C11H13NO/c1-3-9-5-6-11(12-8-13)7-10(9)4-2/h5-7H,3-4H2,1-2H3. The van der Waals surface area contributed by atoms with Gasteiger partial charge in [0.1, 0.15) is 0 Å². The Labute approximate surface area is 78.3 Å². The van der Waals surface area contributed by atoms with Gasteiger partial charge in [0, 0.05) is 0 Å². The molecule has 0 aliphatic heterocycles. The van der Waals surface area contributed by atoms with Gasteiger partial charge in [0.25, 0.3) is 0 Å². The number of nitrogens with zero attached hydrogens (tertiary/aromatic N) is 1. The lowest BCUT2D eigenvalue weighted by Crippen LogP contribution is -1.89. The van der Waals surface area contributed by atoms with Crippen molar-refractivity contribution in [1.29, 1.82) is 0 Å². The van der Waals surface area contributed by atoms with Crippen LogP contribution in [0.1, 0.15) is 25.0 Å². The molecule has 0 heterocycles. The van der Waals surface area contributed by atoms with E-state index < -0.39 is 0 Å². The number of isocyanates is 1. The topological polar surface area (TPSA) is 29.4 Å². The molecule has 0 atom stereocenters. The highest BCUT2D eigenvalue weighted by atomic mass is 16.1. The summed E-state index contributed by atoms with van der Waals surface area (Å²) in [6, 6.07) is 5.82. The van der Waals surface area contributed by atoms with E-state index >= 15 is 0 Å². The summed E-state index contributed by atoms with van der Waals surface area (Å²) in [4.78, 5) is 13.6. The average molecular weight is 175 g/mol. The van der Waals surface area contributed by atoms with Gasteiger partial charge in [0.2, 0.25) is 6.08 Å². The van der Waals surface area contributed by atoms with Gasteiger partial charge < -0.3 is 0 Å². The largest absolute Gasteiger partial charge is 0.240 e. The van der Waals surface area contributed by atoms with E-state index in [0.717, 1.165) is 12.8 Å². The van der Waals surface area contributed by atoms with Gasteiger partial charge >= 0.3 is 0 Å². The smallest absolute Gasteiger partial charge is 0.211 e. The van der Waals surface area contributed by atoms with Crippen LogP contribution >= 0.6 is 0 Å². The Kier molecular flexibility index (Phi) is 3.41. The van der Waals surface area contributed by atoms with Crippen molar-refractivity contribution in [2.24, 2.45) is 4.99 Å². The molecule has 0 N–H and O–H groups in total. The Morgan fingerprint density at radius 2 is 1.92 bits per heavy atom. The molecular weight excluding hydrogens is 162 g/mol. The average Bonchev–Trinajstić information content (AvgIpc) is 2.18. The van der Waals surface area contributed by atoms with Gasteiger partial charge in [-0.05, 0) is 36.1 Å². The van der Waals surface area contributed by atoms with Crippen LogP contribution in [-0.4, -0.2) is 6.08 Å². The number of benzene rings is 1. The number of rotatable bonds is 3. The summed E-state index contributed by atoms with van der Waals surface area (Å²) in [6.07, 6.45) is 3.55. The van der Waals surface area contributed by atoms with Crippen LogP contribution < -0.4 is 0 Å². The van der Waals surface area contributed by atoms with Crippen LogP contribution in [0.4, 0.5) is 5.69 Å². The molecule has 0 aromatic heterocycles. The highest BCUT2D eigenvalue weighted by Crippen LogP contribution is 2.18. The fourth-order valence-corrected chi connectivity index (χ4v) is 1.41. The minimum absolute atomic E-state index is 0.698. The molecule has 0 fully saturated rings. The van der Waals surface area contributed by atoms with Crippen LogP contribution in [0.5, 0.6) is 0 Å². The minimum atomic E-state index is 0.698. The maximum atomic E-state index is 10.0. The molecular formula is C11H13NO. The Bertz CT molecular complexity index is 338. The maximum Gasteiger partial charge on any atom is 0.240 e. The second kappa shape index (κ2) is 4.58. The van der Waals surface area contributed by atoms with Crippen LogP contribution in [0.25, 0.3) is 0 Å². The van der Waals surface area contributed by atoms with Crippen molar-refractivity contribution in [2.45, 2.75) is 26.7 Å². The number of aryl methyl sites for hydroxylation is 2. The van der Waals surface area contributed by atoms with Crippen LogP contribution in [0.3, 0.4) is 0 Å². The highest BCUT2D eigenvalue weighted by Gasteiger charge is 1.99. The molecule has 1 aromatic carbocycles. The summed E-state index contributed by atoms with van der Waals surface area (Å²) in [7, 11) is 0. The Hall–Kier alpha value is -1.40. The Morgan fingerprint density at radius 1 is 1.23 bits per heavy atom. The molecule has 0 amide bonds. The van der Waals surface area contributed by atoms with Crippen LogP contribution in [0.15, 0.2) is 23.2 Å². The second-order valence-electron chi connectivity index (χ2n) is 2.86. The number of hydrogen-bond acceptors (Lipinski definition) is 2. The molecule has 0 aliphatic carbocycles. The molecule has 0 spiro atoms. The van der Waals surface area contributed by atoms with E-state index in [1.165, 1.54) is 11.1 Å². The first-order chi connectivity index (χ1) is 6.31. The van der Waals surface area contributed by atoms with Crippen LogP contribution in [-0.2, 0) is 17.6 Å². The minimum Gasteiger partial charge on any atom is -0.211 e. The van der Waals surface area contributed by atoms with Gasteiger partial charge in [0.05, 0.1) is 5.69 Å². The highest BCUT2D eigenvalue weighted by molar-refractivity contribution is 5.51. The van der Waals surface area contributed by atoms with Gasteiger partial charge in [-0.3, -0.25) is 0 Å². The zero-order valence-electron chi connectivity index (χ0n) is 8.00. The molecule has 2 nitrogen and oxygen atoms in total. The number of hydrogen-bond donors (Lipinski definition) is 0. The fraction of sp³-hybridized carbons (Fsp3) is 0.364. The predicted molar refractivity (Wildman–Crippen MR) is 53.0 cm³/mol. The lowest BCUT2D eigenvalue weighted by Gasteiger charge is -2.04. The van der Waals surface area contributed by atoms with E-state index in [9.17, 15) is 4.79 Å². The molecule has 1 aromatic rings. The lowest BCUT2D eigenvalue weighted by molar-refractivity contribution is 0.565. The van der Waals surface area contributed by atoms with Gasteiger partial charge in [-0.25, -0.2) is 4.79 Å². The van der Waals surface area contributed by atoms with Crippen molar-refractivity contribution in [3.63, 3.8) is 0 Å². The first kappa shape index (κ1) is 9.69. The number of carbonyl (C=O) groups excluding carboxylic acids is 1. The van der Waals surface area contributed by atoms with Crippen molar-refractivity contribution in [3.05, 3.63) is 29.3 Å². The first-order valence-corrected chi connectivity index (χ1v) is 4.51. The molecule has 0 unspecified atom stereocenters. The molecule has 0 aliphatic rings. The van der Waals surface area contributed by atoms with Crippen LogP contribution in [0.2, 0.25) is 0 Å². The zero-order chi connectivity index (χ0) is 9.68. The molecule has 0 bridgehead atoms. The van der Waals surface area contributed by atoms with Gasteiger partial charge in [0.15, 0.2) is 0 Å². The van der Waals surface area contributed by atoms with Crippen molar-refractivity contribution >= 4 is 11.8 Å². The van der Waals surface area contributed by atoms with Gasteiger partial charge in [-0.1, -0.05) is 19.9 Å². The van der Waals surface area contributed by atoms with Crippen molar-refractivity contribution in [2.75, 3.05) is 0 Å². The third-order valence-electron chi connectivity index (χ3n) is 2.13. The second-order valence-corrected chi connectivity index (χ2v) is 2.86. The van der Waals surface area contributed by atoms with Crippen LogP contribution in [0, 0.1) is 0 Å². The van der Waals surface area contributed by atoms with Crippen molar-refractivity contribution in [3.8, 4) is 0 Å². The lowest BCUT2D eigenvalue weighted by atomic mass is 10.0. The molecule has 68 valence electrons. The Balaban J connectivity index is 3.12. The molecule has 0 saturated carbocycles. The summed E-state index contributed by atoms with van der Waals surface area (Å²) < 4.78 is 0. The van der Waals surface area contributed by atoms with Gasteiger partial charge in [-0.2, -0.15) is 4.99 Å². The first-order valence-electron chi connectivity index (χ1n) is 4.51. The van der Waals surface area contributed by atoms with E-state index in [0.29, 0.717) is 5.69 Å². The summed E-state index contributed by atoms with van der Waals surface area (Å²) >= 11 is 0. The van der Waals surface area contributed by atoms with Crippen molar-refractivity contribution in [1.82, 2.24) is 0 Å². The summed E-state index contributed by atoms with van der Waals surface area (Å²) in [5, 5.41) is 0. The van der Waals surface area contributed by atoms with E-state index in [2.05, 4.69) is 18.8 Å². The normalized spacial score (nSPS) is 9.38. The fourth-order valence-electron chi connectivity index (χ4n) is 1.41. The zero-order valence-corrected chi connectivity index (χ0v) is 8.00. The summed E-state index contributed by atoms with van der Waals surface area (Å²) in [6.45, 7) is 4.22. The predicted octanol–water partition coefficient (Wildman–Crippen LogP) is 2.78. The quantitative estimate of drug-likeness (QED) is 0.513. The molecule has 0 radical (unpaired) electrons. The van der Waals surface area contributed by atoms with Crippen molar-refractivity contribution < 1.29 is 4.79 Å². The maximum absolute atomic E-state index is 10.0. The Morgan fingerprint density at radius 3 is 2.46 bits per heavy atom. The van der Waals surface area contributed by atoms with E-state index in [-0.39, 0.29) is 0 Å². The van der Waals surface area contributed by atoms with E-state index in [1.54, 1.807) is 6.08 Å². The third-order valence-corrected chi connectivity index (χ3v) is 2.13. The molecule has 13 heavy (non-hydrogen) atoms. The summed E-state index contributed by atoms with van der Waals surface area (Å²) in [5.74, 6) is 0. The van der Waals surface area contributed by atoms with E-state index in [1.807, 2.05) is 18.2 Å². The number of aliphatic imine (C=N–C) groups is 1. The monoisotopic (exact) mass is 175 g/mol. The van der Waals surface area contributed by atoms with E-state index in [4.69, 9.17) is 0 Å². The molecule has 2 heteroatoms. The molecule has 1 rings (SSSR count). The summed E-state index contributed by atoms with van der Waals surface area (Å²) in [5.41, 5.74) is 3.29. The third kappa shape index (κ3) is 2.27.